The molecule has 0 atom stereocenters. The zero-order valence-corrected chi connectivity index (χ0v) is 9.35. The highest BCUT2D eigenvalue weighted by molar-refractivity contribution is 14.1. The lowest BCUT2D eigenvalue weighted by Gasteiger charge is -2.00. The molecule has 0 aliphatic carbocycles. The molecule has 0 saturated carbocycles. The van der Waals surface area contributed by atoms with Gasteiger partial charge in [0, 0.05) is 3.57 Å². The highest BCUT2D eigenvalue weighted by atomic mass is 127. The van der Waals surface area contributed by atoms with E-state index in [4.69, 9.17) is 4.74 Å². The van der Waals surface area contributed by atoms with Crippen LogP contribution in [0.2, 0.25) is 0 Å². The molecule has 0 saturated heterocycles. The summed E-state index contributed by atoms with van der Waals surface area (Å²) in [4.78, 5) is 4.24. The van der Waals surface area contributed by atoms with Gasteiger partial charge in [-0.3, -0.25) is 0 Å². The predicted octanol–water partition coefficient (Wildman–Crippen LogP) is 2.91. The van der Waals surface area contributed by atoms with Gasteiger partial charge in [-0.05, 0) is 34.7 Å². The van der Waals surface area contributed by atoms with Crippen LogP contribution in [0.15, 0.2) is 17.6 Å². The van der Waals surface area contributed by atoms with Crippen LogP contribution in [-0.4, -0.2) is 12.1 Å². The molecular weight excluding hydrogens is 285 g/mol. The third kappa shape index (κ3) is 1.19. The molecule has 2 nitrogen and oxygen atoms in total. The number of fused-ring (bicyclic) bond motifs is 1. The quantitative estimate of drug-likeness (QED) is 0.754. The first-order valence-electron chi connectivity index (χ1n) is 3.38. The molecule has 0 amide bonds. The van der Waals surface area contributed by atoms with Crippen LogP contribution < -0.4 is 4.74 Å². The lowest BCUT2D eigenvalue weighted by molar-refractivity contribution is 0.419. The predicted molar refractivity (Wildman–Crippen MR) is 58.9 cm³/mol. The van der Waals surface area contributed by atoms with E-state index in [0.717, 1.165) is 11.3 Å². The van der Waals surface area contributed by atoms with E-state index >= 15 is 0 Å². The van der Waals surface area contributed by atoms with Crippen molar-refractivity contribution < 1.29 is 4.74 Å². The Balaban J connectivity index is 2.82. The number of thiazole rings is 1. The average Bonchev–Trinajstić information content (AvgIpc) is 2.54. The van der Waals surface area contributed by atoms with E-state index in [-0.39, 0.29) is 0 Å². The third-order valence-corrected chi connectivity index (χ3v) is 3.74. The summed E-state index contributed by atoms with van der Waals surface area (Å²) in [5.74, 6) is 0.853. The van der Waals surface area contributed by atoms with Gasteiger partial charge >= 0.3 is 0 Å². The zero-order valence-electron chi connectivity index (χ0n) is 6.37. The minimum atomic E-state index is 0.853. The number of rotatable bonds is 1. The summed E-state index contributed by atoms with van der Waals surface area (Å²) < 4.78 is 7.61. The van der Waals surface area contributed by atoms with Gasteiger partial charge in [0.05, 0.1) is 17.3 Å². The van der Waals surface area contributed by atoms with Crippen LogP contribution >= 0.6 is 33.9 Å². The van der Waals surface area contributed by atoms with Crippen molar-refractivity contribution in [2.75, 3.05) is 7.11 Å². The van der Waals surface area contributed by atoms with Gasteiger partial charge in [0.25, 0.3) is 0 Å². The summed E-state index contributed by atoms with van der Waals surface area (Å²) in [6.45, 7) is 0. The van der Waals surface area contributed by atoms with Crippen LogP contribution in [0.4, 0.5) is 0 Å². The number of aromatic nitrogens is 1. The summed E-state index contributed by atoms with van der Waals surface area (Å²) in [5.41, 5.74) is 2.81. The Morgan fingerprint density at radius 1 is 1.50 bits per heavy atom. The molecule has 0 aliphatic heterocycles. The van der Waals surface area contributed by atoms with Gasteiger partial charge in [-0.25, -0.2) is 4.98 Å². The van der Waals surface area contributed by atoms with Crippen LogP contribution in [-0.2, 0) is 0 Å². The molecule has 12 heavy (non-hydrogen) atoms. The fraction of sp³-hybridized carbons (Fsp3) is 0.125. The molecule has 62 valence electrons. The van der Waals surface area contributed by atoms with Crippen molar-refractivity contribution in [2.24, 2.45) is 0 Å². The van der Waals surface area contributed by atoms with Gasteiger partial charge in [0.1, 0.15) is 11.3 Å². The fourth-order valence-electron chi connectivity index (χ4n) is 1.06. The molecule has 1 aromatic heterocycles. The van der Waals surface area contributed by atoms with Crippen molar-refractivity contribution in [1.29, 1.82) is 0 Å². The van der Waals surface area contributed by atoms with E-state index < -0.39 is 0 Å². The van der Waals surface area contributed by atoms with Crippen molar-refractivity contribution in [3.63, 3.8) is 0 Å². The van der Waals surface area contributed by atoms with Gasteiger partial charge in [-0.15, -0.1) is 11.3 Å². The topological polar surface area (TPSA) is 22.1 Å². The Labute approximate surface area is 87.7 Å². The van der Waals surface area contributed by atoms with Crippen molar-refractivity contribution in [1.82, 2.24) is 4.98 Å². The Morgan fingerprint density at radius 3 is 3.08 bits per heavy atom. The van der Waals surface area contributed by atoms with Gasteiger partial charge in [-0.2, -0.15) is 0 Å². The SMILES string of the molecule is COc1ccc(I)c2scnc12. The smallest absolute Gasteiger partial charge is 0.146 e. The maximum Gasteiger partial charge on any atom is 0.146 e. The number of methoxy groups -OCH3 is 1. The molecule has 2 rings (SSSR count). The normalized spacial score (nSPS) is 10.5. The number of hydrogen-bond donors (Lipinski definition) is 0. The first-order valence-corrected chi connectivity index (χ1v) is 5.34. The van der Waals surface area contributed by atoms with E-state index in [1.807, 2.05) is 17.6 Å². The second-order valence-corrected chi connectivity index (χ2v) is 4.30. The zero-order chi connectivity index (χ0) is 8.55. The van der Waals surface area contributed by atoms with Crippen LogP contribution in [0, 0.1) is 3.57 Å². The minimum absolute atomic E-state index is 0.853. The van der Waals surface area contributed by atoms with Gasteiger partial charge in [0.2, 0.25) is 0 Å². The fourth-order valence-corrected chi connectivity index (χ4v) is 2.59. The van der Waals surface area contributed by atoms with Crippen LogP contribution in [0.25, 0.3) is 10.2 Å². The molecule has 4 heteroatoms. The molecule has 0 bridgehead atoms. The Morgan fingerprint density at radius 2 is 2.33 bits per heavy atom. The minimum Gasteiger partial charge on any atom is -0.494 e. The second kappa shape index (κ2) is 3.18. The van der Waals surface area contributed by atoms with E-state index in [0.29, 0.717) is 0 Å². The molecule has 0 radical (unpaired) electrons. The number of hydrogen-bond acceptors (Lipinski definition) is 3. The summed E-state index contributed by atoms with van der Waals surface area (Å²) in [6, 6.07) is 3.99. The maximum atomic E-state index is 5.18. The highest BCUT2D eigenvalue weighted by Gasteiger charge is 2.06. The van der Waals surface area contributed by atoms with E-state index in [1.165, 1.54) is 8.27 Å². The summed E-state index contributed by atoms with van der Waals surface area (Å²) in [6.07, 6.45) is 0. The first kappa shape index (κ1) is 8.25. The molecular formula is C8H6INOS. The molecule has 2 aromatic rings. The van der Waals surface area contributed by atoms with Gasteiger partial charge in [0.15, 0.2) is 0 Å². The maximum absolute atomic E-state index is 5.18. The third-order valence-electron chi connectivity index (χ3n) is 1.62. The lowest BCUT2D eigenvalue weighted by Crippen LogP contribution is -1.84. The Bertz CT molecular complexity index is 412. The monoisotopic (exact) mass is 291 g/mol. The number of nitrogens with zero attached hydrogens (tertiary/aromatic N) is 1. The number of halogens is 1. The van der Waals surface area contributed by atoms with E-state index in [1.54, 1.807) is 18.4 Å². The van der Waals surface area contributed by atoms with E-state index in [9.17, 15) is 0 Å². The van der Waals surface area contributed by atoms with Crippen molar-refractivity contribution >= 4 is 44.1 Å². The first-order chi connectivity index (χ1) is 5.83. The summed E-state index contributed by atoms with van der Waals surface area (Å²) in [5, 5.41) is 0. The van der Waals surface area contributed by atoms with Crippen LogP contribution in [0.3, 0.4) is 0 Å². The highest BCUT2D eigenvalue weighted by Crippen LogP contribution is 2.30. The van der Waals surface area contributed by atoms with Crippen molar-refractivity contribution in [3.8, 4) is 5.75 Å². The van der Waals surface area contributed by atoms with Gasteiger partial charge in [-0.1, -0.05) is 0 Å². The summed E-state index contributed by atoms with van der Waals surface area (Å²) >= 11 is 3.95. The summed E-state index contributed by atoms with van der Waals surface area (Å²) in [7, 11) is 1.67. The molecule has 0 aliphatic rings. The van der Waals surface area contributed by atoms with Crippen LogP contribution in [0.5, 0.6) is 5.75 Å². The number of ether oxygens (including phenoxy) is 1. The molecule has 1 aromatic carbocycles. The van der Waals surface area contributed by atoms with Crippen molar-refractivity contribution in [3.05, 3.63) is 21.2 Å². The van der Waals surface area contributed by atoms with E-state index in [2.05, 4.69) is 27.6 Å². The molecule has 1 heterocycles. The van der Waals surface area contributed by atoms with Crippen LogP contribution in [0.1, 0.15) is 0 Å². The largest absolute Gasteiger partial charge is 0.494 e. The Kier molecular flexibility index (Phi) is 2.18. The number of benzene rings is 1. The van der Waals surface area contributed by atoms with Crippen molar-refractivity contribution in [2.45, 2.75) is 0 Å². The lowest BCUT2D eigenvalue weighted by atomic mass is 10.3. The molecule has 0 fully saturated rings. The average molecular weight is 291 g/mol. The second-order valence-electron chi connectivity index (χ2n) is 2.28. The van der Waals surface area contributed by atoms with Gasteiger partial charge < -0.3 is 4.74 Å². The molecule has 0 N–H and O–H groups in total. The molecule has 0 unspecified atom stereocenters. The Hall–Kier alpha value is -0.360. The molecule has 0 spiro atoms. The standard InChI is InChI=1S/C8H6INOS/c1-11-6-3-2-5(9)8-7(6)10-4-12-8/h2-4H,1H3.